The van der Waals surface area contributed by atoms with E-state index in [4.69, 9.17) is 16.4 Å². The molecule has 0 bridgehead atoms. The molecule has 0 saturated heterocycles. The van der Waals surface area contributed by atoms with Crippen molar-refractivity contribution in [2.75, 3.05) is 0 Å². The quantitative estimate of drug-likeness (QED) is 0.395. The van der Waals surface area contributed by atoms with Crippen LogP contribution in [0.2, 0.25) is 0 Å². The topological polar surface area (TPSA) is 86.0 Å². The lowest BCUT2D eigenvalue weighted by molar-refractivity contribution is 0.0845. The van der Waals surface area contributed by atoms with Crippen LogP contribution in [-0.2, 0) is 4.74 Å². The minimum Gasteiger partial charge on any atom is -0.488 e. The van der Waals surface area contributed by atoms with Crippen LogP contribution in [0.5, 0.6) is 0 Å². The summed E-state index contributed by atoms with van der Waals surface area (Å²) in [4.78, 5) is 0. The largest absolute Gasteiger partial charge is 0.488 e. The van der Waals surface area contributed by atoms with Gasteiger partial charge >= 0.3 is 0 Å². The molecular weight excluding hydrogens is 192 g/mol. The van der Waals surface area contributed by atoms with E-state index in [1.54, 1.807) is 6.21 Å². The molecule has 1 saturated carbocycles. The van der Waals surface area contributed by atoms with Crippen molar-refractivity contribution < 1.29 is 4.74 Å². The molecule has 1 fully saturated rings. The minimum absolute atomic E-state index is 0.292. The summed E-state index contributed by atoms with van der Waals surface area (Å²) in [5.41, 5.74) is 0. The van der Waals surface area contributed by atoms with Gasteiger partial charge < -0.3 is 16.4 Å². The molecular formula is C10H16N4O. The number of hydrazone groups is 2. The van der Waals surface area contributed by atoms with Crippen molar-refractivity contribution in [2.24, 2.45) is 33.7 Å². The Labute approximate surface area is 88.8 Å². The summed E-state index contributed by atoms with van der Waals surface area (Å²) in [5.74, 6) is 12.0. The van der Waals surface area contributed by atoms with E-state index in [2.05, 4.69) is 16.3 Å². The summed E-state index contributed by atoms with van der Waals surface area (Å²) in [5, 5.41) is 7.06. The van der Waals surface area contributed by atoms with Crippen molar-refractivity contribution in [1.82, 2.24) is 0 Å². The molecule has 0 radical (unpaired) electrons. The Bertz CT molecular complexity index is 311. The summed E-state index contributed by atoms with van der Waals surface area (Å²) < 4.78 is 5.69. The Morgan fingerprint density at radius 3 is 2.93 bits per heavy atom. The minimum atomic E-state index is 0.292. The molecule has 1 aliphatic heterocycles. The molecule has 4 N–H and O–H groups in total. The van der Waals surface area contributed by atoms with Gasteiger partial charge in [-0.2, -0.15) is 10.2 Å². The molecule has 3 atom stereocenters. The van der Waals surface area contributed by atoms with Gasteiger partial charge in [-0.3, -0.25) is 0 Å². The molecule has 0 aromatic rings. The zero-order valence-corrected chi connectivity index (χ0v) is 8.54. The van der Waals surface area contributed by atoms with Gasteiger partial charge in [0.15, 0.2) is 0 Å². The Morgan fingerprint density at radius 1 is 1.33 bits per heavy atom. The van der Waals surface area contributed by atoms with Crippen molar-refractivity contribution in [3.05, 3.63) is 11.8 Å². The van der Waals surface area contributed by atoms with Crippen LogP contribution in [0.3, 0.4) is 0 Å². The number of ether oxygens (including phenoxy) is 1. The molecule has 0 amide bonds. The lowest BCUT2D eigenvalue weighted by Crippen LogP contribution is -2.27. The molecule has 3 unspecified atom stereocenters. The predicted molar refractivity (Wildman–Crippen MR) is 59.1 cm³/mol. The summed E-state index contributed by atoms with van der Waals surface area (Å²) in [6, 6.07) is 0. The maximum Gasteiger partial charge on any atom is 0.136 e. The lowest BCUT2D eigenvalue weighted by Gasteiger charge is -2.28. The Morgan fingerprint density at radius 2 is 2.20 bits per heavy atom. The van der Waals surface area contributed by atoms with Crippen LogP contribution in [0.15, 0.2) is 22.0 Å². The van der Waals surface area contributed by atoms with Gasteiger partial charge in [0.1, 0.15) is 11.9 Å². The molecule has 1 heterocycles. The highest BCUT2D eigenvalue weighted by atomic mass is 16.5. The van der Waals surface area contributed by atoms with Gasteiger partial charge in [0, 0.05) is 12.1 Å². The average molecular weight is 208 g/mol. The Kier molecular flexibility index (Phi) is 2.89. The van der Waals surface area contributed by atoms with Crippen molar-refractivity contribution >= 4 is 12.4 Å². The Hall–Kier alpha value is -1.52. The average Bonchev–Trinajstić information content (AvgIpc) is 2.60. The number of hydrogen-bond acceptors (Lipinski definition) is 5. The first kappa shape index (κ1) is 10.0. The van der Waals surface area contributed by atoms with E-state index in [1.165, 1.54) is 0 Å². The SMILES string of the molecule is NN=CC1CCC2OC(/C=N/N)=CC2C1. The molecule has 0 aromatic carbocycles. The number of allylic oxidation sites excluding steroid dienone is 1. The summed E-state index contributed by atoms with van der Waals surface area (Å²) in [6.07, 6.45) is 8.96. The summed E-state index contributed by atoms with van der Waals surface area (Å²) >= 11 is 0. The standard InChI is InChI=1S/C10H16N4O/c11-13-5-7-1-2-10-8(3-7)4-9(15-10)6-14-12/h4-8,10H,1-3,11-12H2/b13-5?,14-6+. The predicted octanol–water partition coefficient (Wildman–Crippen LogP) is 0.574. The third-order valence-corrected chi connectivity index (χ3v) is 3.04. The van der Waals surface area contributed by atoms with Gasteiger partial charge in [-0.15, -0.1) is 0 Å². The molecule has 2 aliphatic rings. The van der Waals surface area contributed by atoms with Gasteiger partial charge in [-0.25, -0.2) is 0 Å². The van der Waals surface area contributed by atoms with E-state index < -0.39 is 0 Å². The first-order valence-corrected chi connectivity index (χ1v) is 5.18. The molecule has 5 heteroatoms. The fourth-order valence-corrected chi connectivity index (χ4v) is 2.36. The van der Waals surface area contributed by atoms with Crippen molar-refractivity contribution in [3.63, 3.8) is 0 Å². The van der Waals surface area contributed by atoms with Crippen molar-refractivity contribution in [2.45, 2.75) is 25.4 Å². The van der Waals surface area contributed by atoms with Crippen LogP contribution in [-0.4, -0.2) is 18.5 Å². The fraction of sp³-hybridized carbons (Fsp3) is 0.600. The molecule has 0 spiro atoms. The van der Waals surface area contributed by atoms with Crippen molar-refractivity contribution in [3.8, 4) is 0 Å². The molecule has 15 heavy (non-hydrogen) atoms. The number of fused-ring (bicyclic) bond motifs is 1. The van der Waals surface area contributed by atoms with Gasteiger partial charge in [0.05, 0.1) is 6.21 Å². The molecule has 82 valence electrons. The maximum atomic E-state index is 5.69. The highest BCUT2D eigenvalue weighted by Crippen LogP contribution is 2.36. The maximum absolute atomic E-state index is 5.69. The summed E-state index contributed by atoms with van der Waals surface area (Å²) in [7, 11) is 0. The third kappa shape index (κ3) is 2.11. The zero-order valence-electron chi connectivity index (χ0n) is 8.54. The van der Waals surface area contributed by atoms with E-state index in [0.29, 0.717) is 17.9 Å². The molecule has 1 aliphatic carbocycles. The fourth-order valence-electron chi connectivity index (χ4n) is 2.36. The van der Waals surface area contributed by atoms with Crippen molar-refractivity contribution in [1.29, 1.82) is 0 Å². The van der Waals surface area contributed by atoms with Crippen LogP contribution in [0, 0.1) is 11.8 Å². The lowest BCUT2D eigenvalue weighted by atomic mass is 9.80. The van der Waals surface area contributed by atoms with Gasteiger partial charge in [0.25, 0.3) is 0 Å². The van der Waals surface area contributed by atoms with Gasteiger partial charge in [-0.05, 0) is 31.3 Å². The molecule has 0 aromatic heterocycles. The van der Waals surface area contributed by atoms with Gasteiger partial charge in [-0.1, -0.05) is 0 Å². The van der Waals surface area contributed by atoms with Crippen LogP contribution >= 0.6 is 0 Å². The first-order valence-electron chi connectivity index (χ1n) is 5.18. The van der Waals surface area contributed by atoms with Crippen LogP contribution in [0.1, 0.15) is 19.3 Å². The van der Waals surface area contributed by atoms with E-state index in [9.17, 15) is 0 Å². The number of nitrogens with two attached hydrogens (primary N) is 2. The smallest absolute Gasteiger partial charge is 0.136 e. The highest BCUT2D eigenvalue weighted by molar-refractivity contribution is 5.76. The number of hydrogen-bond donors (Lipinski definition) is 2. The second-order valence-electron chi connectivity index (χ2n) is 4.04. The monoisotopic (exact) mass is 208 g/mol. The van der Waals surface area contributed by atoms with E-state index in [0.717, 1.165) is 25.0 Å². The highest BCUT2D eigenvalue weighted by Gasteiger charge is 2.34. The van der Waals surface area contributed by atoms with Crippen LogP contribution in [0.4, 0.5) is 0 Å². The van der Waals surface area contributed by atoms with Crippen LogP contribution in [0.25, 0.3) is 0 Å². The third-order valence-electron chi connectivity index (χ3n) is 3.04. The van der Waals surface area contributed by atoms with E-state index in [1.807, 2.05) is 6.21 Å². The van der Waals surface area contributed by atoms with E-state index >= 15 is 0 Å². The second-order valence-corrected chi connectivity index (χ2v) is 4.04. The Balaban J connectivity index is 2.00. The number of rotatable bonds is 2. The van der Waals surface area contributed by atoms with Gasteiger partial charge in [0.2, 0.25) is 0 Å². The normalized spacial score (nSPS) is 35.5. The second kappa shape index (κ2) is 4.33. The summed E-state index contributed by atoms with van der Waals surface area (Å²) in [6.45, 7) is 0. The number of nitrogens with zero attached hydrogens (tertiary/aromatic N) is 2. The molecule has 5 nitrogen and oxygen atoms in total. The molecule has 2 rings (SSSR count). The van der Waals surface area contributed by atoms with E-state index in [-0.39, 0.29) is 0 Å². The first-order chi connectivity index (χ1) is 7.33. The zero-order chi connectivity index (χ0) is 10.7. The van der Waals surface area contributed by atoms with Crippen LogP contribution < -0.4 is 11.7 Å².